The van der Waals surface area contributed by atoms with Crippen molar-refractivity contribution in [3.05, 3.63) is 65.0 Å². The van der Waals surface area contributed by atoms with E-state index in [-0.39, 0.29) is 6.10 Å². The molecule has 0 amide bonds. The predicted octanol–water partition coefficient (Wildman–Crippen LogP) is 5.05. The summed E-state index contributed by atoms with van der Waals surface area (Å²) in [6.07, 6.45) is 10.4. The van der Waals surface area contributed by atoms with Crippen LogP contribution in [0.25, 0.3) is 34.1 Å². The molecule has 3 aromatic rings. The smallest absolute Gasteiger partial charge is 0.146 e. The summed E-state index contributed by atoms with van der Waals surface area (Å²) >= 11 is 0. The Morgan fingerprint density at radius 1 is 1.38 bits per heavy atom. The Hall–Kier alpha value is -3.16. The van der Waals surface area contributed by atoms with Gasteiger partial charge >= 0.3 is 0 Å². The molecule has 26 heavy (non-hydrogen) atoms. The van der Waals surface area contributed by atoms with Crippen LogP contribution in [0.5, 0.6) is 0 Å². The van der Waals surface area contributed by atoms with Gasteiger partial charge in [0.25, 0.3) is 0 Å². The summed E-state index contributed by atoms with van der Waals surface area (Å²) in [5.74, 6) is 0. The van der Waals surface area contributed by atoms with Crippen LogP contribution in [-0.2, 0) is 11.2 Å². The van der Waals surface area contributed by atoms with Gasteiger partial charge in [-0.25, -0.2) is 0 Å². The topological polar surface area (TPSA) is 59.0 Å². The van der Waals surface area contributed by atoms with E-state index in [0.717, 1.165) is 38.9 Å². The standard InChI is InChI=1S/C22H18N2O2/c1-14(13-23)6-5-8-18-21-17-7-3-4-9-20(17)26-22(21)16-11-10-15(25-2)12-19(16)24-18/h3-11,15H,12H2,1-2H3/b8-5+,14-6+. The molecule has 0 fully saturated rings. The van der Waals surface area contributed by atoms with Crippen molar-refractivity contribution >= 4 is 34.1 Å². The van der Waals surface area contributed by atoms with E-state index in [4.69, 9.17) is 19.4 Å². The minimum absolute atomic E-state index is 0.0226. The van der Waals surface area contributed by atoms with E-state index in [1.165, 1.54) is 0 Å². The molecular formula is C22H18N2O2. The highest BCUT2D eigenvalue weighted by Gasteiger charge is 2.22. The average molecular weight is 342 g/mol. The number of hydrogen-bond donors (Lipinski definition) is 0. The quantitative estimate of drug-likeness (QED) is 0.494. The second-order valence-corrected chi connectivity index (χ2v) is 6.32. The number of nitriles is 1. The van der Waals surface area contributed by atoms with Crippen LogP contribution >= 0.6 is 0 Å². The first kappa shape index (κ1) is 16.3. The highest BCUT2D eigenvalue weighted by Crippen LogP contribution is 2.36. The maximum atomic E-state index is 8.92. The predicted molar refractivity (Wildman–Crippen MR) is 103 cm³/mol. The lowest BCUT2D eigenvalue weighted by molar-refractivity contribution is 0.140. The third-order valence-electron chi connectivity index (χ3n) is 4.61. The molecule has 1 aliphatic carbocycles. The van der Waals surface area contributed by atoms with Crippen LogP contribution in [0.4, 0.5) is 0 Å². The summed E-state index contributed by atoms with van der Waals surface area (Å²) in [6, 6.07) is 10.1. The Kier molecular flexibility index (Phi) is 4.16. The van der Waals surface area contributed by atoms with E-state index in [0.29, 0.717) is 12.0 Å². The van der Waals surface area contributed by atoms with Crippen molar-refractivity contribution in [2.45, 2.75) is 19.4 Å². The second kappa shape index (κ2) is 6.62. The Morgan fingerprint density at radius 2 is 2.23 bits per heavy atom. The van der Waals surface area contributed by atoms with Gasteiger partial charge in [-0.05, 0) is 25.1 Å². The largest absolute Gasteiger partial charge is 0.455 e. The molecule has 4 heteroatoms. The molecule has 0 bridgehead atoms. The van der Waals surface area contributed by atoms with Crippen molar-refractivity contribution in [3.63, 3.8) is 0 Å². The van der Waals surface area contributed by atoms with Gasteiger partial charge in [-0.1, -0.05) is 36.4 Å². The highest BCUT2D eigenvalue weighted by atomic mass is 16.5. The summed E-state index contributed by atoms with van der Waals surface area (Å²) < 4.78 is 11.6. The van der Waals surface area contributed by atoms with E-state index in [1.54, 1.807) is 20.1 Å². The van der Waals surface area contributed by atoms with Gasteiger partial charge in [-0.3, -0.25) is 4.98 Å². The minimum atomic E-state index is 0.0226. The van der Waals surface area contributed by atoms with Gasteiger partial charge in [0.2, 0.25) is 0 Å². The SMILES string of the molecule is COC1C=Cc2c(nc(/C=C/C=C(\C)C#N)c3c2oc2ccccc23)C1. The fourth-order valence-electron chi connectivity index (χ4n) is 3.27. The van der Waals surface area contributed by atoms with Gasteiger partial charge in [0.05, 0.1) is 28.9 Å². The summed E-state index contributed by atoms with van der Waals surface area (Å²) in [6.45, 7) is 1.78. The van der Waals surface area contributed by atoms with Crippen molar-refractivity contribution in [3.8, 4) is 6.07 Å². The number of aromatic nitrogens is 1. The van der Waals surface area contributed by atoms with E-state index >= 15 is 0 Å². The molecule has 0 radical (unpaired) electrons. The van der Waals surface area contributed by atoms with E-state index in [9.17, 15) is 0 Å². The summed E-state index contributed by atoms with van der Waals surface area (Å²) in [7, 11) is 1.70. The Labute approximate surface area is 151 Å². The van der Waals surface area contributed by atoms with E-state index in [1.807, 2.05) is 48.6 Å². The molecule has 0 saturated carbocycles. The molecule has 1 atom stereocenters. The average Bonchev–Trinajstić information content (AvgIpc) is 3.07. The number of methoxy groups -OCH3 is 1. The van der Waals surface area contributed by atoms with Crippen LogP contribution < -0.4 is 0 Å². The molecule has 4 rings (SSSR count). The van der Waals surface area contributed by atoms with Gasteiger partial charge < -0.3 is 9.15 Å². The highest BCUT2D eigenvalue weighted by molar-refractivity contribution is 6.10. The first-order valence-electron chi connectivity index (χ1n) is 8.51. The van der Waals surface area contributed by atoms with Gasteiger partial charge in [0.1, 0.15) is 11.2 Å². The summed E-state index contributed by atoms with van der Waals surface area (Å²) in [4.78, 5) is 4.89. The van der Waals surface area contributed by atoms with E-state index < -0.39 is 0 Å². The van der Waals surface area contributed by atoms with Crippen molar-refractivity contribution in [2.75, 3.05) is 7.11 Å². The Morgan fingerprint density at radius 3 is 3.04 bits per heavy atom. The molecule has 128 valence electrons. The number of hydrogen-bond acceptors (Lipinski definition) is 4. The number of ether oxygens (including phenoxy) is 1. The fourth-order valence-corrected chi connectivity index (χ4v) is 3.27. The van der Waals surface area contributed by atoms with Crippen LogP contribution in [0, 0.1) is 11.3 Å². The molecule has 0 N–H and O–H groups in total. The lowest BCUT2D eigenvalue weighted by Crippen LogP contribution is -2.16. The van der Waals surface area contributed by atoms with Crippen molar-refractivity contribution in [2.24, 2.45) is 0 Å². The molecule has 1 aliphatic rings. The Balaban J connectivity index is 1.98. The number of rotatable bonds is 3. The van der Waals surface area contributed by atoms with Gasteiger partial charge in [-0.15, -0.1) is 0 Å². The fraction of sp³-hybridized carbons (Fsp3) is 0.182. The maximum Gasteiger partial charge on any atom is 0.146 e. The third-order valence-corrected chi connectivity index (χ3v) is 4.61. The molecule has 1 unspecified atom stereocenters. The lowest BCUT2D eigenvalue weighted by atomic mass is 9.97. The number of furan rings is 1. The summed E-state index contributed by atoms with van der Waals surface area (Å²) in [5, 5.41) is 11.0. The van der Waals surface area contributed by atoms with Crippen molar-refractivity contribution in [1.82, 2.24) is 4.98 Å². The molecule has 0 saturated heterocycles. The van der Waals surface area contributed by atoms with Crippen LogP contribution in [0.3, 0.4) is 0 Å². The normalized spacial score (nSPS) is 17.1. The maximum absolute atomic E-state index is 8.92. The number of nitrogens with zero attached hydrogens (tertiary/aromatic N) is 2. The zero-order valence-electron chi connectivity index (χ0n) is 14.7. The molecular weight excluding hydrogens is 324 g/mol. The van der Waals surface area contributed by atoms with Gasteiger partial charge in [0.15, 0.2) is 0 Å². The van der Waals surface area contributed by atoms with Crippen LogP contribution in [-0.4, -0.2) is 18.2 Å². The van der Waals surface area contributed by atoms with Crippen LogP contribution in [0.2, 0.25) is 0 Å². The number of allylic oxidation sites excluding steroid dienone is 3. The lowest BCUT2D eigenvalue weighted by Gasteiger charge is -2.18. The Bertz CT molecular complexity index is 1130. The zero-order valence-corrected chi connectivity index (χ0v) is 14.7. The zero-order chi connectivity index (χ0) is 18.1. The third kappa shape index (κ3) is 2.73. The van der Waals surface area contributed by atoms with Crippen LogP contribution in [0.1, 0.15) is 23.9 Å². The van der Waals surface area contributed by atoms with Crippen molar-refractivity contribution < 1.29 is 9.15 Å². The number of pyridine rings is 1. The summed E-state index contributed by atoms with van der Waals surface area (Å²) in [5.41, 5.74) is 5.17. The molecule has 2 heterocycles. The molecule has 1 aromatic carbocycles. The first-order valence-corrected chi connectivity index (χ1v) is 8.51. The number of benzene rings is 1. The van der Waals surface area contributed by atoms with Gasteiger partial charge in [-0.2, -0.15) is 5.26 Å². The second-order valence-electron chi connectivity index (χ2n) is 6.32. The molecule has 0 aliphatic heterocycles. The number of fused-ring (bicyclic) bond motifs is 5. The molecule has 4 nitrogen and oxygen atoms in total. The molecule has 2 aromatic heterocycles. The minimum Gasteiger partial charge on any atom is -0.455 e. The molecule has 0 spiro atoms. The van der Waals surface area contributed by atoms with E-state index in [2.05, 4.69) is 6.07 Å². The van der Waals surface area contributed by atoms with Crippen LogP contribution in [0.15, 0.2) is 52.5 Å². The van der Waals surface area contributed by atoms with Gasteiger partial charge in [0, 0.05) is 30.1 Å². The first-order chi connectivity index (χ1) is 12.7. The monoisotopic (exact) mass is 342 g/mol. The van der Waals surface area contributed by atoms with Crippen molar-refractivity contribution in [1.29, 1.82) is 5.26 Å². The number of para-hydroxylation sites is 1.